The summed E-state index contributed by atoms with van der Waals surface area (Å²) >= 11 is 14.0. The largest absolute Gasteiger partial charge is 0.457 e. The van der Waals surface area contributed by atoms with Gasteiger partial charge in [0.25, 0.3) is 11.5 Å². The number of halogens is 2. The number of para-hydroxylation sites is 1. The fraction of sp³-hybridized carbons (Fsp3) is 0.0645. The number of carbonyl (C=O) groups excluding carboxylic acids is 1. The smallest absolute Gasteiger partial charge is 0.271 e. The number of carbonyl (C=O) groups is 1. The lowest BCUT2D eigenvalue weighted by Gasteiger charge is -2.26. The van der Waals surface area contributed by atoms with Gasteiger partial charge in [0, 0.05) is 27.4 Å². The molecule has 0 spiro atoms. The average molecular weight is 587 g/mol. The fourth-order valence-electron chi connectivity index (χ4n) is 4.68. The highest BCUT2D eigenvalue weighted by Gasteiger charge is 2.33. The third kappa shape index (κ3) is 4.95. The maximum absolute atomic E-state index is 13.9. The second-order valence-corrected chi connectivity index (χ2v) is 11.0. The van der Waals surface area contributed by atoms with Crippen LogP contribution in [0.1, 0.15) is 24.3 Å². The Balaban J connectivity index is 1.47. The molecule has 0 radical (unpaired) electrons. The summed E-state index contributed by atoms with van der Waals surface area (Å²) in [6.07, 6.45) is 1.69. The Morgan fingerprint density at radius 3 is 2.55 bits per heavy atom. The van der Waals surface area contributed by atoms with Crippen molar-refractivity contribution in [1.29, 1.82) is 0 Å². The highest BCUT2D eigenvalue weighted by molar-refractivity contribution is 7.07. The van der Waals surface area contributed by atoms with Crippen molar-refractivity contribution in [1.82, 2.24) is 4.57 Å². The number of hydrogen-bond donors (Lipinski definition) is 1. The first-order valence-corrected chi connectivity index (χ1v) is 14.0. The summed E-state index contributed by atoms with van der Waals surface area (Å²) in [6.45, 7) is 1.77. The van der Waals surface area contributed by atoms with Gasteiger partial charge in [0.15, 0.2) is 4.80 Å². The maximum atomic E-state index is 13.9. The third-order valence-electron chi connectivity index (χ3n) is 6.51. The molecule has 0 saturated carbocycles. The number of nitrogens with one attached hydrogen (secondary N) is 1. The summed E-state index contributed by atoms with van der Waals surface area (Å²) in [5, 5.41) is 3.98. The van der Waals surface area contributed by atoms with E-state index in [1.807, 2.05) is 60.7 Å². The minimum absolute atomic E-state index is 0.299. The maximum Gasteiger partial charge on any atom is 0.271 e. The molecule has 9 heteroatoms. The monoisotopic (exact) mass is 585 g/mol. The molecular weight excluding hydrogens is 565 g/mol. The van der Waals surface area contributed by atoms with Gasteiger partial charge in [-0.15, -0.1) is 0 Å². The van der Waals surface area contributed by atoms with Gasteiger partial charge in [-0.25, -0.2) is 4.99 Å². The molecule has 1 N–H and O–H groups in total. The van der Waals surface area contributed by atoms with E-state index >= 15 is 0 Å². The van der Waals surface area contributed by atoms with Crippen LogP contribution in [-0.4, -0.2) is 10.5 Å². The van der Waals surface area contributed by atoms with Gasteiger partial charge in [0.2, 0.25) is 0 Å². The molecule has 0 saturated heterocycles. The van der Waals surface area contributed by atoms with E-state index in [9.17, 15) is 9.59 Å². The fourth-order valence-corrected chi connectivity index (χ4v) is 6.14. The molecule has 0 unspecified atom stereocenters. The normalized spacial score (nSPS) is 15.1. The van der Waals surface area contributed by atoms with Crippen LogP contribution in [0.5, 0.6) is 0 Å². The van der Waals surface area contributed by atoms with Crippen LogP contribution in [0.4, 0.5) is 5.69 Å². The minimum atomic E-state index is -0.769. The van der Waals surface area contributed by atoms with E-state index in [-0.39, 0.29) is 11.5 Å². The molecule has 1 aliphatic heterocycles. The molecule has 1 amide bonds. The topological polar surface area (TPSA) is 76.6 Å². The van der Waals surface area contributed by atoms with Gasteiger partial charge in [-0.1, -0.05) is 83.1 Å². The Morgan fingerprint density at radius 2 is 1.77 bits per heavy atom. The van der Waals surface area contributed by atoms with Crippen molar-refractivity contribution >= 4 is 52.2 Å². The Bertz CT molecular complexity index is 1970. The first-order chi connectivity index (χ1) is 19.4. The Morgan fingerprint density at radius 1 is 1.00 bits per heavy atom. The second-order valence-electron chi connectivity index (χ2n) is 9.14. The van der Waals surface area contributed by atoms with E-state index in [4.69, 9.17) is 27.6 Å². The number of aromatic nitrogens is 1. The standard InChI is InChI=1S/C31H21Cl2N3O3S/c1-18-27(29(37)35-21-10-3-2-4-11-21)28(23-12-5-6-13-24(23)33)36-30(38)26(40-31(36)34-18)17-22-14-15-25(39-22)19-8-7-9-20(32)16-19/h2-17,28H,1H3,(H,35,37)/t28-/m1/s1. The van der Waals surface area contributed by atoms with Crippen LogP contribution < -0.4 is 20.2 Å². The number of hydrogen-bond acceptors (Lipinski definition) is 5. The minimum Gasteiger partial charge on any atom is -0.457 e. The molecule has 1 aliphatic rings. The van der Waals surface area contributed by atoms with E-state index in [1.54, 1.807) is 43.3 Å². The molecule has 2 aromatic heterocycles. The Hall–Kier alpha value is -4.17. The lowest BCUT2D eigenvalue weighted by atomic mass is 9.95. The number of nitrogens with zero attached hydrogens (tertiary/aromatic N) is 2. The van der Waals surface area contributed by atoms with Gasteiger partial charge in [-0.05, 0) is 55.0 Å². The predicted octanol–water partition coefficient (Wildman–Crippen LogP) is 6.44. The van der Waals surface area contributed by atoms with Crippen molar-refractivity contribution in [2.75, 3.05) is 5.32 Å². The summed E-state index contributed by atoms with van der Waals surface area (Å²) in [7, 11) is 0. The number of allylic oxidation sites excluding steroid dienone is 1. The van der Waals surface area contributed by atoms with Crippen molar-refractivity contribution in [2.45, 2.75) is 13.0 Å². The van der Waals surface area contributed by atoms with Crippen LogP contribution in [0.15, 0.2) is 116 Å². The second kappa shape index (κ2) is 10.8. The number of amides is 1. The summed E-state index contributed by atoms with van der Waals surface area (Å²) in [5.41, 5.74) is 2.65. The molecule has 0 fully saturated rings. The third-order valence-corrected chi connectivity index (χ3v) is 8.07. The zero-order valence-corrected chi connectivity index (χ0v) is 23.4. The quantitative estimate of drug-likeness (QED) is 0.258. The highest BCUT2D eigenvalue weighted by Crippen LogP contribution is 2.34. The SMILES string of the molecule is CC1=C(C(=O)Nc2ccccc2)[C@@H](c2ccccc2Cl)n2c(sc(=Cc3ccc(-c4cccc(Cl)c4)o3)c2=O)=N1. The van der Waals surface area contributed by atoms with Crippen molar-refractivity contribution in [2.24, 2.45) is 4.99 Å². The molecule has 5 aromatic rings. The van der Waals surface area contributed by atoms with Crippen LogP contribution >= 0.6 is 34.5 Å². The van der Waals surface area contributed by atoms with Gasteiger partial charge in [-0.2, -0.15) is 0 Å². The number of fused-ring (bicyclic) bond motifs is 1. The number of anilines is 1. The van der Waals surface area contributed by atoms with Crippen LogP contribution in [0.3, 0.4) is 0 Å². The van der Waals surface area contributed by atoms with Gasteiger partial charge in [0.1, 0.15) is 11.5 Å². The van der Waals surface area contributed by atoms with E-state index in [0.717, 1.165) is 5.56 Å². The Kier molecular flexibility index (Phi) is 7.02. The summed E-state index contributed by atoms with van der Waals surface area (Å²) in [4.78, 5) is 32.7. The predicted molar refractivity (Wildman–Crippen MR) is 159 cm³/mol. The van der Waals surface area contributed by atoms with Gasteiger partial charge < -0.3 is 9.73 Å². The van der Waals surface area contributed by atoms with E-state index < -0.39 is 6.04 Å². The van der Waals surface area contributed by atoms with Crippen LogP contribution in [0, 0.1) is 0 Å². The molecule has 3 heterocycles. The number of benzene rings is 3. The Labute approximate surface area is 243 Å². The summed E-state index contributed by atoms with van der Waals surface area (Å²) in [6, 6.07) is 26.6. The molecule has 0 aliphatic carbocycles. The summed E-state index contributed by atoms with van der Waals surface area (Å²) < 4.78 is 7.96. The first kappa shape index (κ1) is 26.1. The van der Waals surface area contributed by atoms with E-state index in [1.165, 1.54) is 15.9 Å². The lowest BCUT2D eigenvalue weighted by Crippen LogP contribution is -2.40. The van der Waals surface area contributed by atoms with Crippen molar-refractivity contribution in [3.63, 3.8) is 0 Å². The van der Waals surface area contributed by atoms with Crippen molar-refractivity contribution in [3.8, 4) is 11.3 Å². The molecule has 3 aromatic carbocycles. The molecular formula is C31H21Cl2N3O3S. The average Bonchev–Trinajstić information content (AvgIpc) is 3.53. The van der Waals surface area contributed by atoms with E-state index in [2.05, 4.69) is 10.3 Å². The number of furan rings is 1. The van der Waals surface area contributed by atoms with Gasteiger partial charge >= 0.3 is 0 Å². The van der Waals surface area contributed by atoms with Gasteiger partial charge in [-0.3, -0.25) is 14.2 Å². The first-order valence-electron chi connectivity index (χ1n) is 12.4. The molecule has 40 heavy (non-hydrogen) atoms. The summed E-state index contributed by atoms with van der Waals surface area (Å²) in [5.74, 6) is 0.780. The molecule has 198 valence electrons. The van der Waals surface area contributed by atoms with Crippen LogP contribution in [-0.2, 0) is 4.79 Å². The molecule has 6 nitrogen and oxygen atoms in total. The van der Waals surface area contributed by atoms with Crippen molar-refractivity contribution < 1.29 is 9.21 Å². The molecule has 0 bridgehead atoms. The zero-order valence-electron chi connectivity index (χ0n) is 21.1. The highest BCUT2D eigenvalue weighted by atomic mass is 35.5. The number of thiazole rings is 1. The lowest BCUT2D eigenvalue weighted by molar-refractivity contribution is -0.113. The molecule has 1 atom stereocenters. The van der Waals surface area contributed by atoms with Crippen molar-refractivity contribution in [3.05, 3.63) is 143 Å². The van der Waals surface area contributed by atoms with Gasteiger partial charge in [0.05, 0.1) is 21.8 Å². The van der Waals surface area contributed by atoms with E-state index in [0.29, 0.717) is 53.4 Å². The van der Waals surface area contributed by atoms with Crippen LogP contribution in [0.25, 0.3) is 17.4 Å². The number of rotatable bonds is 5. The molecule has 6 rings (SSSR count). The zero-order chi connectivity index (χ0) is 27.8. The van der Waals surface area contributed by atoms with Crippen LogP contribution in [0.2, 0.25) is 10.0 Å².